The van der Waals surface area contributed by atoms with Gasteiger partial charge < -0.3 is 5.32 Å². The normalized spacial score (nSPS) is 19.4. The maximum atomic E-state index is 6.14. The second kappa shape index (κ2) is 5.99. The van der Waals surface area contributed by atoms with Gasteiger partial charge in [0.15, 0.2) is 0 Å². The van der Waals surface area contributed by atoms with E-state index in [2.05, 4.69) is 41.7 Å². The van der Waals surface area contributed by atoms with E-state index >= 15 is 0 Å². The third kappa shape index (κ3) is 2.74. The molecule has 2 heteroatoms. The molecule has 1 N–H and O–H groups in total. The molecule has 0 aromatic heterocycles. The second-order valence-electron chi connectivity index (χ2n) is 5.59. The Morgan fingerprint density at radius 1 is 1.10 bits per heavy atom. The second-order valence-corrected chi connectivity index (χ2v) is 6.03. The molecule has 1 aliphatic carbocycles. The minimum atomic E-state index is 0.377. The van der Waals surface area contributed by atoms with Crippen molar-refractivity contribution in [2.45, 2.75) is 25.3 Å². The number of nitrogens with one attached hydrogen (secondary N) is 1. The molecule has 0 aliphatic heterocycles. The summed E-state index contributed by atoms with van der Waals surface area (Å²) in [4.78, 5) is 0. The average molecular weight is 286 g/mol. The lowest BCUT2D eigenvalue weighted by molar-refractivity contribution is 0.342. The third-order valence-corrected chi connectivity index (χ3v) is 4.61. The molecule has 0 radical (unpaired) electrons. The van der Waals surface area contributed by atoms with Gasteiger partial charge in [0.05, 0.1) is 0 Å². The summed E-state index contributed by atoms with van der Waals surface area (Å²) >= 11 is 6.14. The van der Waals surface area contributed by atoms with E-state index in [9.17, 15) is 0 Å². The van der Waals surface area contributed by atoms with Gasteiger partial charge >= 0.3 is 0 Å². The van der Waals surface area contributed by atoms with Gasteiger partial charge in [-0.25, -0.2) is 0 Å². The molecule has 0 heterocycles. The molecular formula is C18H20ClN. The van der Waals surface area contributed by atoms with Gasteiger partial charge in [0.25, 0.3) is 0 Å². The number of hydrogen-bond acceptors (Lipinski definition) is 1. The largest absolute Gasteiger partial charge is 0.313 e. The molecular weight excluding hydrogens is 266 g/mol. The van der Waals surface area contributed by atoms with Crippen molar-refractivity contribution in [3.8, 4) is 0 Å². The molecule has 20 heavy (non-hydrogen) atoms. The SMILES string of the molecule is CNC(c1cccc(Cl)c1)C1CCc2ccccc2C1. The van der Waals surface area contributed by atoms with E-state index in [1.807, 2.05) is 19.2 Å². The third-order valence-electron chi connectivity index (χ3n) is 4.38. The summed E-state index contributed by atoms with van der Waals surface area (Å²) < 4.78 is 0. The summed E-state index contributed by atoms with van der Waals surface area (Å²) in [5, 5.41) is 4.31. The van der Waals surface area contributed by atoms with E-state index in [0.717, 1.165) is 11.4 Å². The molecule has 2 atom stereocenters. The van der Waals surface area contributed by atoms with Crippen LogP contribution in [0, 0.1) is 5.92 Å². The molecule has 2 aromatic rings. The Balaban J connectivity index is 1.85. The zero-order chi connectivity index (χ0) is 13.9. The predicted octanol–water partition coefficient (Wildman–Crippen LogP) is 4.41. The monoisotopic (exact) mass is 285 g/mol. The summed E-state index contributed by atoms with van der Waals surface area (Å²) in [6.45, 7) is 0. The smallest absolute Gasteiger partial charge is 0.0409 e. The standard InChI is InChI=1S/C18H20ClN/c1-20-18(15-7-4-8-17(19)12-15)16-10-9-13-5-2-3-6-14(13)11-16/h2-8,12,16,18,20H,9-11H2,1H3. The maximum absolute atomic E-state index is 6.14. The van der Waals surface area contributed by atoms with E-state index in [1.54, 1.807) is 0 Å². The van der Waals surface area contributed by atoms with Crippen molar-refractivity contribution in [3.05, 3.63) is 70.2 Å². The predicted molar refractivity (Wildman–Crippen MR) is 85.2 cm³/mol. The Labute approximate surface area is 126 Å². The van der Waals surface area contributed by atoms with Crippen LogP contribution in [-0.2, 0) is 12.8 Å². The van der Waals surface area contributed by atoms with Crippen LogP contribution < -0.4 is 5.32 Å². The average Bonchev–Trinajstić information content (AvgIpc) is 2.48. The zero-order valence-corrected chi connectivity index (χ0v) is 12.5. The van der Waals surface area contributed by atoms with Crippen molar-refractivity contribution in [2.24, 2.45) is 5.92 Å². The molecule has 0 saturated carbocycles. The van der Waals surface area contributed by atoms with Crippen LogP contribution in [0.25, 0.3) is 0 Å². The minimum absolute atomic E-state index is 0.377. The molecule has 0 saturated heterocycles. The van der Waals surface area contributed by atoms with E-state index in [4.69, 9.17) is 11.6 Å². The molecule has 0 fully saturated rings. The number of halogens is 1. The van der Waals surface area contributed by atoms with Gasteiger partial charge in [-0.05, 0) is 61.1 Å². The lowest BCUT2D eigenvalue weighted by atomic mass is 9.78. The first-order chi connectivity index (χ1) is 9.78. The first kappa shape index (κ1) is 13.7. The van der Waals surface area contributed by atoms with Gasteiger partial charge in [-0.15, -0.1) is 0 Å². The Hall–Kier alpha value is -1.31. The fourth-order valence-electron chi connectivity index (χ4n) is 3.39. The number of fused-ring (bicyclic) bond motifs is 1. The highest BCUT2D eigenvalue weighted by Crippen LogP contribution is 2.34. The fourth-order valence-corrected chi connectivity index (χ4v) is 3.58. The van der Waals surface area contributed by atoms with E-state index in [0.29, 0.717) is 12.0 Å². The lowest BCUT2D eigenvalue weighted by Crippen LogP contribution is -2.29. The van der Waals surface area contributed by atoms with E-state index < -0.39 is 0 Å². The summed E-state index contributed by atoms with van der Waals surface area (Å²) in [7, 11) is 2.05. The van der Waals surface area contributed by atoms with Crippen LogP contribution in [0.2, 0.25) is 5.02 Å². The molecule has 0 bridgehead atoms. The highest BCUT2D eigenvalue weighted by atomic mass is 35.5. The van der Waals surface area contributed by atoms with Crippen molar-refractivity contribution in [2.75, 3.05) is 7.05 Å². The first-order valence-corrected chi connectivity index (χ1v) is 7.65. The van der Waals surface area contributed by atoms with Gasteiger partial charge in [-0.3, -0.25) is 0 Å². The van der Waals surface area contributed by atoms with Crippen molar-refractivity contribution < 1.29 is 0 Å². The van der Waals surface area contributed by atoms with Crippen LogP contribution in [0.3, 0.4) is 0 Å². The molecule has 1 nitrogen and oxygen atoms in total. The van der Waals surface area contributed by atoms with Crippen LogP contribution in [0.4, 0.5) is 0 Å². The number of hydrogen-bond donors (Lipinski definition) is 1. The Morgan fingerprint density at radius 2 is 1.90 bits per heavy atom. The number of aryl methyl sites for hydroxylation is 1. The van der Waals surface area contributed by atoms with Crippen molar-refractivity contribution in [3.63, 3.8) is 0 Å². The van der Waals surface area contributed by atoms with Crippen LogP contribution in [0.1, 0.15) is 29.2 Å². The molecule has 2 unspecified atom stereocenters. The Bertz CT molecular complexity index is 593. The lowest BCUT2D eigenvalue weighted by Gasteiger charge is -2.32. The van der Waals surface area contributed by atoms with Crippen molar-refractivity contribution in [1.82, 2.24) is 5.32 Å². The van der Waals surface area contributed by atoms with Crippen molar-refractivity contribution >= 4 is 11.6 Å². The zero-order valence-electron chi connectivity index (χ0n) is 11.8. The molecule has 104 valence electrons. The summed E-state index contributed by atoms with van der Waals surface area (Å²) in [6.07, 6.45) is 3.56. The summed E-state index contributed by atoms with van der Waals surface area (Å²) in [6, 6.07) is 17.4. The maximum Gasteiger partial charge on any atom is 0.0409 e. The number of rotatable bonds is 3. The van der Waals surface area contributed by atoms with Gasteiger partial charge in [-0.2, -0.15) is 0 Å². The van der Waals surface area contributed by atoms with Gasteiger partial charge in [0, 0.05) is 11.1 Å². The highest BCUT2D eigenvalue weighted by Gasteiger charge is 2.26. The topological polar surface area (TPSA) is 12.0 Å². The molecule has 3 rings (SSSR count). The quantitative estimate of drug-likeness (QED) is 0.881. The summed E-state index contributed by atoms with van der Waals surface area (Å²) in [5.41, 5.74) is 4.32. The minimum Gasteiger partial charge on any atom is -0.313 e. The molecule has 0 spiro atoms. The Kier molecular flexibility index (Phi) is 4.09. The van der Waals surface area contributed by atoms with Crippen molar-refractivity contribution in [1.29, 1.82) is 0 Å². The molecule has 0 amide bonds. The summed E-state index contributed by atoms with van der Waals surface area (Å²) in [5.74, 6) is 0.633. The molecule has 2 aromatic carbocycles. The van der Waals surface area contributed by atoms with Crippen LogP contribution in [0.5, 0.6) is 0 Å². The fraction of sp³-hybridized carbons (Fsp3) is 0.333. The van der Waals surface area contributed by atoms with E-state index in [1.165, 1.54) is 29.5 Å². The Morgan fingerprint density at radius 3 is 2.65 bits per heavy atom. The van der Waals surface area contributed by atoms with Gasteiger partial charge in [-0.1, -0.05) is 48.0 Å². The van der Waals surface area contributed by atoms with Crippen LogP contribution >= 0.6 is 11.6 Å². The number of benzene rings is 2. The van der Waals surface area contributed by atoms with Gasteiger partial charge in [0.1, 0.15) is 0 Å². The molecule has 1 aliphatic rings. The van der Waals surface area contributed by atoms with Crippen LogP contribution in [-0.4, -0.2) is 7.05 Å². The van der Waals surface area contributed by atoms with E-state index in [-0.39, 0.29) is 0 Å². The first-order valence-electron chi connectivity index (χ1n) is 7.27. The highest BCUT2D eigenvalue weighted by molar-refractivity contribution is 6.30. The van der Waals surface area contributed by atoms with Crippen LogP contribution in [0.15, 0.2) is 48.5 Å². The van der Waals surface area contributed by atoms with Gasteiger partial charge in [0.2, 0.25) is 0 Å².